The Balaban J connectivity index is 1.70. The van der Waals surface area contributed by atoms with E-state index in [0.29, 0.717) is 0 Å². The third-order valence-electron chi connectivity index (χ3n) is 6.26. The minimum absolute atomic E-state index is 0.159. The topological polar surface area (TPSA) is 72.9 Å². The van der Waals surface area contributed by atoms with Gasteiger partial charge in [-0.05, 0) is 62.4 Å². The summed E-state index contributed by atoms with van der Waals surface area (Å²) in [6.45, 7) is 9.61. The predicted octanol–water partition coefficient (Wildman–Crippen LogP) is 4.65. The molecule has 2 atom stereocenters. The third-order valence-corrected chi connectivity index (χ3v) is 6.26. The Morgan fingerprint density at radius 3 is 2.15 bits per heavy atom. The minimum Gasteiger partial charge on any atom is -0.497 e. The lowest BCUT2D eigenvalue weighted by molar-refractivity contribution is -0.154. The maximum Gasteiger partial charge on any atom is 0.310 e. The van der Waals surface area contributed by atoms with Gasteiger partial charge in [0, 0.05) is 6.42 Å². The monoisotopic (exact) mass is 451 g/mol. The second-order valence-corrected chi connectivity index (χ2v) is 9.95. The Bertz CT molecular complexity index is 1020. The summed E-state index contributed by atoms with van der Waals surface area (Å²) in [5.41, 5.74) is 1.34. The number of methoxy groups -OCH3 is 1. The number of rotatable bonds is 7. The van der Waals surface area contributed by atoms with E-state index < -0.39 is 11.0 Å². The maximum atomic E-state index is 13.3. The Labute approximate surface area is 195 Å². The number of carbonyl (C=O) groups excluding carboxylic acids is 3. The molecule has 3 rings (SSSR count). The van der Waals surface area contributed by atoms with Gasteiger partial charge in [0.25, 0.3) is 0 Å². The zero-order valence-corrected chi connectivity index (χ0v) is 20.3. The molecule has 1 heterocycles. The zero-order valence-electron chi connectivity index (χ0n) is 20.3. The van der Waals surface area contributed by atoms with E-state index in [2.05, 4.69) is 0 Å². The standard InChI is InChI=1S/C27H33NO5/c1-18(21-11-7-19(8-12-21)15-24(30)33-26(2,3)4)27(5)16-23(29)28(25(27)31)17-20-9-13-22(32-6)14-10-20/h7-14,18H,15-17H2,1-6H3/t18?,27-/m0/s1. The van der Waals surface area contributed by atoms with Crippen molar-refractivity contribution in [1.29, 1.82) is 0 Å². The summed E-state index contributed by atoms with van der Waals surface area (Å²) in [6, 6.07) is 15.0. The van der Waals surface area contributed by atoms with Crippen molar-refractivity contribution in [2.75, 3.05) is 7.11 Å². The number of amides is 2. The van der Waals surface area contributed by atoms with E-state index in [1.807, 2.05) is 83.1 Å². The quantitative estimate of drug-likeness (QED) is 0.453. The summed E-state index contributed by atoms with van der Waals surface area (Å²) in [5.74, 6) is -0.0295. The third kappa shape index (κ3) is 5.62. The van der Waals surface area contributed by atoms with Gasteiger partial charge < -0.3 is 9.47 Å². The molecule has 0 bridgehead atoms. The van der Waals surface area contributed by atoms with Gasteiger partial charge in [-0.2, -0.15) is 0 Å². The molecule has 1 unspecified atom stereocenters. The second kappa shape index (κ2) is 9.38. The zero-order chi connectivity index (χ0) is 24.4. The fourth-order valence-corrected chi connectivity index (χ4v) is 4.15. The smallest absolute Gasteiger partial charge is 0.310 e. The largest absolute Gasteiger partial charge is 0.497 e. The van der Waals surface area contributed by atoms with Crippen molar-refractivity contribution in [1.82, 2.24) is 4.90 Å². The molecular formula is C27H33NO5. The normalized spacial score (nSPS) is 19.5. The number of hydrogen-bond acceptors (Lipinski definition) is 5. The summed E-state index contributed by atoms with van der Waals surface area (Å²) >= 11 is 0. The van der Waals surface area contributed by atoms with Crippen molar-refractivity contribution in [3.8, 4) is 5.75 Å². The van der Waals surface area contributed by atoms with E-state index in [1.165, 1.54) is 4.90 Å². The lowest BCUT2D eigenvalue weighted by Crippen LogP contribution is -2.36. The predicted molar refractivity (Wildman–Crippen MR) is 126 cm³/mol. The fourth-order valence-electron chi connectivity index (χ4n) is 4.15. The van der Waals surface area contributed by atoms with Crippen molar-refractivity contribution in [3.63, 3.8) is 0 Å². The van der Waals surface area contributed by atoms with Crippen LogP contribution < -0.4 is 4.74 Å². The number of nitrogens with zero attached hydrogens (tertiary/aromatic N) is 1. The van der Waals surface area contributed by atoms with Crippen LogP contribution in [0.25, 0.3) is 0 Å². The van der Waals surface area contributed by atoms with Gasteiger partial charge in [0.05, 0.1) is 25.5 Å². The lowest BCUT2D eigenvalue weighted by atomic mass is 9.73. The molecule has 0 aromatic heterocycles. The number of hydrogen-bond donors (Lipinski definition) is 0. The first-order valence-corrected chi connectivity index (χ1v) is 11.2. The lowest BCUT2D eigenvalue weighted by Gasteiger charge is -2.29. The van der Waals surface area contributed by atoms with E-state index in [4.69, 9.17) is 9.47 Å². The number of carbonyl (C=O) groups is 3. The second-order valence-electron chi connectivity index (χ2n) is 9.95. The SMILES string of the molecule is COc1ccc(CN2C(=O)C[C@@](C)(C(C)c3ccc(CC(=O)OC(C)(C)C)cc3)C2=O)cc1. The first-order valence-electron chi connectivity index (χ1n) is 11.2. The number of ether oxygens (including phenoxy) is 2. The number of imide groups is 1. The van der Waals surface area contributed by atoms with Crippen molar-refractivity contribution < 1.29 is 23.9 Å². The first-order chi connectivity index (χ1) is 15.4. The van der Waals surface area contributed by atoms with Crippen LogP contribution in [0.2, 0.25) is 0 Å². The molecule has 176 valence electrons. The van der Waals surface area contributed by atoms with Crippen molar-refractivity contribution >= 4 is 17.8 Å². The van der Waals surface area contributed by atoms with Crippen molar-refractivity contribution in [2.24, 2.45) is 5.41 Å². The number of likely N-dealkylation sites (tertiary alicyclic amines) is 1. The summed E-state index contributed by atoms with van der Waals surface area (Å²) in [7, 11) is 1.60. The number of benzene rings is 2. The van der Waals surface area contributed by atoms with Crippen LogP contribution in [0.5, 0.6) is 5.75 Å². The van der Waals surface area contributed by atoms with E-state index in [0.717, 1.165) is 22.4 Å². The average molecular weight is 452 g/mol. The van der Waals surface area contributed by atoms with Crippen molar-refractivity contribution in [3.05, 3.63) is 65.2 Å². The molecule has 1 saturated heterocycles. The molecule has 6 nitrogen and oxygen atoms in total. The fraction of sp³-hybridized carbons (Fsp3) is 0.444. The van der Waals surface area contributed by atoms with Crippen LogP contribution in [0.4, 0.5) is 0 Å². The van der Waals surface area contributed by atoms with Crippen molar-refractivity contribution in [2.45, 2.75) is 65.5 Å². The molecule has 2 aromatic rings. The van der Waals surface area contributed by atoms with Crippen LogP contribution in [-0.2, 0) is 32.1 Å². The molecule has 0 spiro atoms. The molecule has 1 aliphatic rings. The van der Waals surface area contributed by atoms with Crippen LogP contribution >= 0.6 is 0 Å². The summed E-state index contributed by atoms with van der Waals surface area (Å²) in [5, 5.41) is 0. The highest BCUT2D eigenvalue weighted by Gasteiger charge is 2.51. The highest BCUT2D eigenvalue weighted by Crippen LogP contribution is 2.45. The van der Waals surface area contributed by atoms with E-state index in [9.17, 15) is 14.4 Å². The van der Waals surface area contributed by atoms with Crippen LogP contribution in [-0.4, -0.2) is 35.4 Å². The molecule has 33 heavy (non-hydrogen) atoms. The van der Waals surface area contributed by atoms with Gasteiger partial charge in [0.15, 0.2) is 0 Å². The Morgan fingerprint density at radius 1 is 1.03 bits per heavy atom. The highest BCUT2D eigenvalue weighted by molar-refractivity contribution is 6.06. The molecule has 1 aliphatic heterocycles. The van der Waals surface area contributed by atoms with E-state index >= 15 is 0 Å². The maximum absolute atomic E-state index is 13.3. The van der Waals surface area contributed by atoms with Gasteiger partial charge in [-0.1, -0.05) is 43.3 Å². The van der Waals surface area contributed by atoms with Gasteiger partial charge >= 0.3 is 5.97 Å². The highest BCUT2D eigenvalue weighted by atomic mass is 16.6. The van der Waals surface area contributed by atoms with E-state index in [1.54, 1.807) is 7.11 Å². The Hall–Kier alpha value is -3.15. The first kappa shape index (κ1) is 24.5. The van der Waals surface area contributed by atoms with Crippen LogP contribution in [0, 0.1) is 5.41 Å². The summed E-state index contributed by atoms with van der Waals surface area (Å²) in [4.78, 5) is 39.6. The van der Waals surface area contributed by atoms with Crippen LogP contribution in [0.3, 0.4) is 0 Å². The van der Waals surface area contributed by atoms with Crippen LogP contribution in [0.1, 0.15) is 63.6 Å². The van der Waals surface area contributed by atoms with Gasteiger partial charge in [-0.3, -0.25) is 19.3 Å². The molecule has 1 fully saturated rings. The average Bonchev–Trinajstić information content (AvgIpc) is 2.97. The molecule has 0 saturated carbocycles. The Kier molecular flexibility index (Phi) is 6.96. The molecular weight excluding hydrogens is 418 g/mol. The van der Waals surface area contributed by atoms with Crippen LogP contribution in [0.15, 0.2) is 48.5 Å². The Morgan fingerprint density at radius 2 is 1.61 bits per heavy atom. The van der Waals surface area contributed by atoms with Gasteiger partial charge in [0.2, 0.25) is 11.8 Å². The molecule has 6 heteroatoms. The molecule has 0 N–H and O–H groups in total. The number of esters is 1. The molecule has 0 aliphatic carbocycles. The van der Waals surface area contributed by atoms with Gasteiger partial charge in [0.1, 0.15) is 11.4 Å². The van der Waals surface area contributed by atoms with Gasteiger partial charge in [-0.25, -0.2) is 0 Å². The summed E-state index contributed by atoms with van der Waals surface area (Å²) in [6.07, 6.45) is 0.360. The van der Waals surface area contributed by atoms with E-state index in [-0.39, 0.29) is 43.1 Å². The summed E-state index contributed by atoms with van der Waals surface area (Å²) < 4.78 is 10.6. The minimum atomic E-state index is -0.823. The molecule has 2 aromatic carbocycles. The molecule has 2 amide bonds. The van der Waals surface area contributed by atoms with Gasteiger partial charge in [-0.15, -0.1) is 0 Å². The molecule has 0 radical (unpaired) electrons.